The van der Waals surface area contributed by atoms with Gasteiger partial charge in [-0.2, -0.15) is 0 Å². The largest absolute Gasteiger partial charge is 0.366 e. The number of nitrogens with zero attached hydrogens (tertiary/aromatic N) is 2. The fourth-order valence-corrected chi connectivity index (χ4v) is 4.75. The average molecular weight is 443 g/mol. The van der Waals surface area contributed by atoms with Gasteiger partial charge in [0.1, 0.15) is 5.70 Å². The maximum atomic E-state index is 13.5. The van der Waals surface area contributed by atoms with E-state index < -0.39 is 0 Å². The van der Waals surface area contributed by atoms with E-state index in [1.807, 2.05) is 24.3 Å². The first kappa shape index (κ1) is 21.0. The predicted octanol–water partition coefficient (Wildman–Crippen LogP) is 5.25. The third-order valence-electron chi connectivity index (χ3n) is 5.72. The molecule has 1 saturated heterocycles. The first-order chi connectivity index (χ1) is 14.3. The van der Waals surface area contributed by atoms with E-state index in [-0.39, 0.29) is 18.4 Å². The van der Waals surface area contributed by atoms with Gasteiger partial charge in [0, 0.05) is 23.1 Å². The molecule has 6 heteroatoms. The Balaban J connectivity index is 1.74. The maximum absolute atomic E-state index is 13.5. The van der Waals surface area contributed by atoms with Crippen molar-refractivity contribution >= 4 is 40.6 Å². The summed E-state index contributed by atoms with van der Waals surface area (Å²) in [4.78, 5) is 30.4. The molecule has 4 nitrogen and oxygen atoms in total. The van der Waals surface area contributed by atoms with Crippen molar-refractivity contribution < 1.29 is 9.59 Å². The standard InChI is InChI=1S/C24H24Cl2N2O2/c1-15-11-16(2)13-27(12-15)22-21(18-5-9-20(26)10-6-18)23(29)28(24(22)30)14-17-3-7-19(25)8-4-17/h3-10,15-16H,11-14H2,1-2H3. The van der Waals surface area contributed by atoms with Gasteiger partial charge in [0.2, 0.25) is 0 Å². The van der Waals surface area contributed by atoms with Crippen LogP contribution in [0.1, 0.15) is 31.4 Å². The van der Waals surface area contributed by atoms with Crippen LogP contribution in [0.25, 0.3) is 5.57 Å². The smallest absolute Gasteiger partial charge is 0.278 e. The minimum Gasteiger partial charge on any atom is -0.366 e. The third kappa shape index (κ3) is 4.12. The zero-order valence-corrected chi connectivity index (χ0v) is 18.6. The highest BCUT2D eigenvalue weighted by molar-refractivity contribution is 6.36. The van der Waals surface area contributed by atoms with Crippen LogP contribution in [0, 0.1) is 11.8 Å². The molecule has 0 radical (unpaired) electrons. The second-order valence-corrected chi connectivity index (χ2v) is 9.28. The number of likely N-dealkylation sites (tertiary alicyclic amines) is 1. The molecule has 4 rings (SSSR count). The highest BCUT2D eigenvalue weighted by Gasteiger charge is 2.42. The van der Waals surface area contributed by atoms with E-state index in [4.69, 9.17) is 23.2 Å². The van der Waals surface area contributed by atoms with E-state index in [2.05, 4.69) is 18.7 Å². The monoisotopic (exact) mass is 442 g/mol. The van der Waals surface area contributed by atoms with Gasteiger partial charge in [-0.3, -0.25) is 14.5 Å². The number of benzene rings is 2. The lowest BCUT2D eigenvalue weighted by molar-refractivity contribution is -0.138. The second-order valence-electron chi connectivity index (χ2n) is 8.40. The first-order valence-electron chi connectivity index (χ1n) is 10.2. The molecule has 2 unspecified atom stereocenters. The summed E-state index contributed by atoms with van der Waals surface area (Å²) in [6, 6.07) is 14.3. The summed E-state index contributed by atoms with van der Waals surface area (Å²) in [6.07, 6.45) is 1.12. The van der Waals surface area contributed by atoms with Crippen molar-refractivity contribution in [3.8, 4) is 0 Å². The molecule has 0 saturated carbocycles. The molecule has 0 N–H and O–H groups in total. The van der Waals surface area contributed by atoms with Crippen LogP contribution < -0.4 is 0 Å². The number of hydrogen-bond donors (Lipinski definition) is 0. The van der Waals surface area contributed by atoms with Crippen LogP contribution in [0.2, 0.25) is 10.0 Å². The summed E-state index contributed by atoms with van der Waals surface area (Å²) in [5, 5.41) is 1.21. The lowest BCUT2D eigenvalue weighted by Crippen LogP contribution is -2.41. The van der Waals surface area contributed by atoms with Crippen LogP contribution in [0.4, 0.5) is 0 Å². The highest BCUT2D eigenvalue weighted by atomic mass is 35.5. The molecule has 0 aliphatic carbocycles. The average Bonchev–Trinajstić information content (AvgIpc) is 2.94. The van der Waals surface area contributed by atoms with Crippen molar-refractivity contribution in [2.45, 2.75) is 26.8 Å². The molecule has 156 valence electrons. The van der Waals surface area contributed by atoms with Crippen molar-refractivity contribution in [2.24, 2.45) is 11.8 Å². The summed E-state index contributed by atoms with van der Waals surface area (Å²) in [5.41, 5.74) is 2.55. The van der Waals surface area contributed by atoms with Gasteiger partial charge in [-0.1, -0.05) is 61.3 Å². The topological polar surface area (TPSA) is 40.6 Å². The van der Waals surface area contributed by atoms with E-state index in [0.717, 1.165) is 30.6 Å². The van der Waals surface area contributed by atoms with Crippen LogP contribution in [-0.2, 0) is 16.1 Å². The molecule has 2 aromatic carbocycles. The van der Waals surface area contributed by atoms with Gasteiger partial charge in [-0.05, 0) is 53.6 Å². The Morgan fingerprint density at radius 2 is 1.37 bits per heavy atom. The number of amides is 2. The van der Waals surface area contributed by atoms with Crippen LogP contribution in [0.3, 0.4) is 0 Å². The Morgan fingerprint density at radius 3 is 1.93 bits per heavy atom. The number of halogens is 2. The van der Waals surface area contributed by atoms with Crippen molar-refractivity contribution in [1.29, 1.82) is 0 Å². The first-order valence-corrected chi connectivity index (χ1v) is 10.9. The predicted molar refractivity (Wildman–Crippen MR) is 120 cm³/mol. The maximum Gasteiger partial charge on any atom is 0.278 e. The van der Waals surface area contributed by atoms with E-state index in [1.165, 1.54) is 4.90 Å². The number of piperidine rings is 1. The molecule has 2 aromatic rings. The number of imide groups is 1. The van der Waals surface area contributed by atoms with Gasteiger partial charge in [-0.15, -0.1) is 0 Å². The van der Waals surface area contributed by atoms with E-state index in [1.54, 1.807) is 24.3 Å². The summed E-state index contributed by atoms with van der Waals surface area (Å²) in [7, 11) is 0. The summed E-state index contributed by atoms with van der Waals surface area (Å²) >= 11 is 12.0. The molecule has 2 amide bonds. The van der Waals surface area contributed by atoms with Crippen LogP contribution in [-0.4, -0.2) is 34.7 Å². The minimum atomic E-state index is -0.266. The Hall–Kier alpha value is -2.30. The summed E-state index contributed by atoms with van der Waals surface area (Å²) in [5.74, 6) is 0.418. The second kappa shape index (κ2) is 8.44. The fourth-order valence-electron chi connectivity index (χ4n) is 4.49. The molecule has 1 fully saturated rings. The third-order valence-corrected chi connectivity index (χ3v) is 6.22. The minimum absolute atomic E-state index is 0.217. The van der Waals surface area contributed by atoms with Crippen molar-refractivity contribution in [3.05, 3.63) is 75.4 Å². The number of carbonyl (C=O) groups excluding carboxylic acids is 2. The van der Waals surface area contributed by atoms with Gasteiger partial charge in [0.25, 0.3) is 11.8 Å². The van der Waals surface area contributed by atoms with Gasteiger partial charge in [0.15, 0.2) is 0 Å². The molecule has 0 spiro atoms. The lowest BCUT2D eigenvalue weighted by Gasteiger charge is -2.37. The van der Waals surface area contributed by atoms with E-state index >= 15 is 0 Å². The van der Waals surface area contributed by atoms with Crippen molar-refractivity contribution in [1.82, 2.24) is 9.80 Å². The van der Waals surface area contributed by atoms with Crippen LogP contribution in [0.15, 0.2) is 54.2 Å². The molecule has 2 atom stereocenters. The van der Waals surface area contributed by atoms with Gasteiger partial charge < -0.3 is 4.90 Å². The van der Waals surface area contributed by atoms with Crippen LogP contribution in [0.5, 0.6) is 0 Å². The Bertz CT molecular complexity index is 989. The Kier molecular flexibility index (Phi) is 5.90. The number of hydrogen-bond acceptors (Lipinski definition) is 3. The summed E-state index contributed by atoms with van der Waals surface area (Å²) < 4.78 is 0. The molecular weight excluding hydrogens is 419 g/mol. The van der Waals surface area contributed by atoms with Gasteiger partial charge >= 0.3 is 0 Å². The Morgan fingerprint density at radius 1 is 0.833 bits per heavy atom. The molecule has 30 heavy (non-hydrogen) atoms. The van der Waals surface area contributed by atoms with Crippen molar-refractivity contribution in [3.63, 3.8) is 0 Å². The van der Waals surface area contributed by atoms with E-state index in [0.29, 0.717) is 33.2 Å². The molecule has 2 heterocycles. The van der Waals surface area contributed by atoms with Crippen molar-refractivity contribution in [2.75, 3.05) is 13.1 Å². The molecule has 0 aromatic heterocycles. The van der Waals surface area contributed by atoms with E-state index in [9.17, 15) is 9.59 Å². The van der Waals surface area contributed by atoms with Gasteiger partial charge in [-0.25, -0.2) is 0 Å². The highest BCUT2D eigenvalue weighted by Crippen LogP contribution is 2.36. The quantitative estimate of drug-likeness (QED) is 0.606. The van der Waals surface area contributed by atoms with Gasteiger partial charge in [0.05, 0.1) is 12.1 Å². The molecule has 2 aliphatic rings. The van der Waals surface area contributed by atoms with Crippen LogP contribution >= 0.6 is 23.2 Å². The number of rotatable bonds is 4. The molecular formula is C24H24Cl2N2O2. The zero-order valence-electron chi connectivity index (χ0n) is 17.1. The lowest BCUT2D eigenvalue weighted by atomic mass is 9.91. The fraction of sp³-hybridized carbons (Fsp3) is 0.333. The summed E-state index contributed by atoms with van der Waals surface area (Å²) in [6.45, 7) is 6.14. The zero-order chi connectivity index (χ0) is 21.4. The number of carbonyl (C=O) groups is 2. The normalized spacial score (nSPS) is 22.3. The molecule has 0 bridgehead atoms. The SMILES string of the molecule is CC1CC(C)CN(C2=C(c3ccc(Cl)cc3)C(=O)N(Cc3ccc(Cl)cc3)C2=O)C1. The molecule has 2 aliphatic heterocycles. The Labute approximate surface area is 187 Å².